The van der Waals surface area contributed by atoms with Crippen LogP contribution in [-0.4, -0.2) is 41.2 Å². The number of likely N-dealkylation sites (tertiary alicyclic amines) is 1. The Morgan fingerprint density at radius 3 is 3.05 bits per heavy atom. The number of nitrogens with one attached hydrogen (secondary N) is 1. The topological polar surface area (TPSA) is 54.2 Å². The fourth-order valence-corrected chi connectivity index (χ4v) is 2.69. The van der Waals surface area contributed by atoms with Crippen LogP contribution in [0.25, 0.3) is 11.4 Å². The maximum Gasteiger partial charge on any atom is 0.241 e. The summed E-state index contributed by atoms with van der Waals surface area (Å²) in [6, 6.07) is 8.07. The zero-order valence-corrected chi connectivity index (χ0v) is 12.1. The molecule has 1 N–H and O–H groups in total. The van der Waals surface area contributed by atoms with E-state index in [1.54, 1.807) is 0 Å². The van der Waals surface area contributed by atoms with Crippen LogP contribution in [0, 0.1) is 0 Å². The van der Waals surface area contributed by atoms with Gasteiger partial charge in [-0.25, -0.2) is 0 Å². The van der Waals surface area contributed by atoms with E-state index >= 15 is 0 Å². The van der Waals surface area contributed by atoms with E-state index in [2.05, 4.69) is 20.4 Å². The van der Waals surface area contributed by atoms with E-state index in [-0.39, 0.29) is 0 Å². The van der Waals surface area contributed by atoms with Gasteiger partial charge in [-0.3, -0.25) is 4.90 Å². The number of hydrogen-bond acceptors (Lipinski definition) is 5. The Morgan fingerprint density at radius 2 is 2.30 bits per heavy atom. The van der Waals surface area contributed by atoms with Gasteiger partial charge in [0.15, 0.2) is 0 Å². The SMILES string of the molecule is CNC1CCN(Cc2nc(-c3ccccc3Cl)no2)C1. The van der Waals surface area contributed by atoms with Crippen LogP contribution in [0.15, 0.2) is 28.8 Å². The largest absolute Gasteiger partial charge is 0.338 e. The first-order chi connectivity index (χ1) is 9.76. The molecule has 1 aromatic heterocycles. The molecule has 0 radical (unpaired) electrons. The van der Waals surface area contributed by atoms with E-state index in [0.717, 1.165) is 25.1 Å². The van der Waals surface area contributed by atoms with Crippen molar-refractivity contribution in [3.63, 3.8) is 0 Å². The summed E-state index contributed by atoms with van der Waals surface area (Å²) < 4.78 is 5.32. The quantitative estimate of drug-likeness (QED) is 0.936. The number of hydrogen-bond donors (Lipinski definition) is 1. The number of likely N-dealkylation sites (N-methyl/N-ethyl adjacent to an activating group) is 1. The van der Waals surface area contributed by atoms with E-state index in [0.29, 0.717) is 29.3 Å². The molecule has 3 rings (SSSR count). The van der Waals surface area contributed by atoms with E-state index in [9.17, 15) is 0 Å². The van der Waals surface area contributed by atoms with E-state index in [4.69, 9.17) is 16.1 Å². The lowest BCUT2D eigenvalue weighted by molar-refractivity contribution is 0.263. The molecule has 1 fully saturated rings. The van der Waals surface area contributed by atoms with Crippen molar-refractivity contribution in [2.24, 2.45) is 0 Å². The van der Waals surface area contributed by atoms with Crippen LogP contribution in [0.5, 0.6) is 0 Å². The fourth-order valence-electron chi connectivity index (χ4n) is 2.47. The molecule has 2 heterocycles. The molecule has 20 heavy (non-hydrogen) atoms. The summed E-state index contributed by atoms with van der Waals surface area (Å²) in [5, 5.41) is 7.94. The van der Waals surface area contributed by atoms with Crippen molar-refractivity contribution in [3.8, 4) is 11.4 Å². The van der Waals surface area contributed by atoms with Crippen LogP contribution in [0.1, 0.15) is 12.3 Å². The van der Waals surface area contributed by atoms with Gasteiger partial charge in [0.2, 0.25) is 11.7 Å². The van der Waals surface area contributed by atoms with Gasteiger partial charge in [-0.05, 0) is 25.6 Å². The Balaban J connectivity index is 1.70. The Morgan fingerprint density at radius 1 is 1.45 bits per heavy atom. The van der Waals surface area contributed by atoms with Gasteiger partial charge in [-0.1, -0.05) is 28.9 Å². The first-order valence-corrected chi connectivity index (χ1v) is 7.11. The Kier molecular flexibility index (Phi) is 4.00. The van der Waals surface area contributed by atoms with Gasteiger partial charge >= 0.3 is 0 Å². The average Bonchev–Trinajstić information content (AvgIpc) is 3.09. The molecule has 0 saturated carbocycles. The monoisotopic (exact) mass is 292 g/mol. The molecule has 0 aliphatic carbocycles. The highest BCUT2D eigenvalue weighted by Gasteiger charge is 2.23. The second-order valence-electron chi connectivity index (χ2n) is 5.00. The molecule has 6 heteroatoms. The first-order valence-electron chi connectivity index (χ1n) is 6.73. The normalized spacial score (nSPS) is 19.6. The molecular weight excluding hydrogens is 276 g/mol. The molecule has 1 unspecified atom stereocenters. The smallest absolute Gasteiger partial charge is 0.241 e. The van der Waals surface area contributed by atoms with Gasteiger partial charge in [-0.15, -0.1) is 0 Å². The van der Waals surface area contributed by atoms with Crippen molar-refractivity contribution in [1.82, 2.24) is 20.4 Å². The summed E-state index contributed by atoms with van der Waals surface area (Å²) in [5.74, 6) is 1.19. The Labute approximate surface area is 122 Å². The van der Waals surface area contributed by atoms with E-state index in [1.165, 1.54) is 0 Å². The van der Waals surface area contributed by atoms with E-state index < -0.39 is 0 Å². The summed E-state index contributed by atoms with van der Waals surface area (Å²) in [6.07, 6.45) is 1.15. The molecule has 5 nitrogen and oxygen atoms in total. The average molecular weight is 293 g/mol. The van der Waals surface area contributed by atoms with Crippen molar-refractivity contribution < 1.29 is 4.52 Å². The molecule has 0 bridgehead atoms. The van der Waals surface area contributed by atoms with Crippen molar-refractivity contribution >= 4 is 11.6 Å². The Bertz CT molecular complexity index is 586. The highest BCUT2D eigenvalue weighted by atomic mass is 35.5. The summed E-state index contributed by atoms with van der Waals surface area (Å²) >= 11 is 6.14. The molecule has 1 aliphatic rings. The second kappa shape index (κ2) is 5.91. The van der Waals surface area contributed by atoms with Gasteiger partial charge < -0.3 is 9.84 Å². The maximum atomic E-state index is 6.14. The van der Waals surface area contributed by atoms with Crippen molar-refractivity contribution in [3.05, 3.63) is 35.2 Å². The van der Waals surface area contributed by atoms with Crippen LogP contribution >= 0.6 is 11.6 Å². The fraction of sp³-hybridized carbons (Fsp3) is 0.429. The van der Waals surface area contributed by atoms with Crippen LogP contribution in [-0.2, 0) is 6.54 Å². The van der Waals surface area contributed by atoms with Gasteiger partial charge in [0.05, 0.1) is 11.6 Å². The lowest BCUT2D eigenvalue weighted by atomic mass is 10.2. The zero-order chi connectivity index (χ0) is 13.9. The minimum atomic E-state index is 0.551. The van der Waals surface area contributed by atoms with Crippen molar-refractivity contribution in [2.45, 2.75) is 19.0 Å². The van der Waals surface area contributed by atoms with E-state index in [1.807, 2.05) is 31.3 Å². The standard InChI is InChI=1S/C14H17ClN4O/c1-16-10-6-7-19(8-10)9-13-17-14(18-20-13)11-4-2-3-5-12(11)15/h2-5,10,16H,6-9H2,1H3. The first kappa shape index (κ1) is 13.5. The molecular formula is C14H17ClN4O. The number of benzene rings is 1. The summed E-state index contributed by atoms with van der Waals surface area (Å²) in [5.41, 5.74) is 0.804. The number of halogens is 1. The molecule has 0 spiro atoms. The van der Waals surface area contributed by atoms with Crippen LogP contribution < -0.4 is 5.32 Å². The highest BCUT2D eigenvalue weighted by Crippen LogP contribution is 2.25. The van der Waals surface area contributed by atoms with Crippen LogP contribution in [0.4, 0.5) is 0 Å². The highest BCUT2D eigenvalue weighted by molar-refractivity contribution is 6.33. The third-order valence-electron chi connectivity index (χ3n) is 3.62. The minimum Gasteiger partial charge on any atom is -0.338 e. The number of rotatable bonds is 4. The van der Waals surface area contributed by atoms with Gasteiger partial charge in [0.25, 0.3) is 0 Å². The molecule has 1 saturated heterocycles. The van der Waals surface area contributed by atoms with Crippen molar-refractivity contribution in [2.75, 3.05) is 20.1 Å². The van der Waals surface area contributed by atoms with Gasteiger partial charge in [0.1, 0.15) is 0 Å². The summed E-state index contributed by atoms with van der Waals surface area (Å²) in [4.78, 5) is 6.74. The van der Waals surface area contributed by atoms with Gasteiger partial charge in [-0.2, -0.15) is 4.98 Å². The predicted octanol–water partition coefficient (Wildman–Crippen LogP) is 2.18. The lowest BCUT2D eigenvalue weighted by Crippen LogP contribution is -2.29. The van der Waals surface area contributed by atoms with Crippen molar-refractivity contribution in [1.29, 1.82) is 0 Å². The molecule has 1 aromatic carbocycles. The van der Waals surface area contributed by atoms with Crippen LogP contribution in [0.3, 0.4) is 0 Å². The maximum absolute atomic E-state index is 6.14. The van der Waals surface area contributed by atoms with Gasteiger partial charge in [0, 0.05) is 24.7 Å². The molecule has 2 aromatic rings. The predicted molar refractivity (Wildman–Crippen MR) is 77.5 cm³/mol. The molecule has 1 aliphatic heterocycles. The summed E-state index contributed by atoms with van der Waals surface area (Å²) in [7, 11) is 2.00. The molecule has 106 valence electrons. The second-order valence-corrected chi connectivity index (χ2v) is 5.41. The third-order valence-corrected chi connectivity index (χ3v) is 3.95. The molecule has 0 amide bonds. The lowest BCUT2D eigenvalue weighted by Gasteiger charge is -2.12. The number of aromatic nitrogens is 2. The number of nitrogens with zero attached hydrogens (tertiary/aromatic N) is 3. The zero-order valence-electron chi connectivity index (χ0n) is 11.3. The molecule has 1 atom stereocenters. The summed E-state index contributed by atoms with van der Waals surface area (Å²) in [6.45, 7) is 2.76. The minimum absolute atomic E-state index is 0.551. The Hall–Kier alpha value is -1.43. The third kappa shape index (κ3) is 2.85. The van der Waals surface area contributed by atoms with Crippen LogP contribution in [0.2, 0.25) is 5.02 Å².